The van der Waals surface area contributed by atoms with Crippen LogP contribution in [0.4, 0.5) is 0 Å². The van der Waals surface area contributed by atoms with Gasteiger partial charge in [0.15, 0.2) is 11.6 Å². The average molecular weight is 309 g/mol. The summed E-state index contributed by atoms with van der Waals surface area (Å²) < 4.78 is 2.17. The average Bonchev–Trinajstić information content (AvgIpc) is 2.71. The van der Waals surface area contributed by atoms with Crippen LogP contribution in [0.2, 0.25) is 0 Å². The maximum absolute atomic E-state index is 11.7. The summed E-state index contributed by atoms with van der Waals surface area (Å²) in [6.07, 6.45) is 1.70. The van der Waals surface area contributed by atoms with Crippen molar-refractivity contribution in [3.8, 4) is 5.69 Å². The zero-order valence-corrected chi connectivity index (χ0v) is 14.7. The van der Waals surface area contributed by atoms with Crippen LogP contribution in [0.15, 0.2) is 29.8 Å². The van der Waals surface area contributed by atoms with Gasteiger partial charge in [-0.15, -0.1) is 0 Å². The Labute approximate surface area is 137 Å². The number of aromatic nitrogens is 1. The topological polar surface area (TPSA) is 39.1 Å². The Bertz CT molecular complexity index is 806. The van der Waals surface area contributed by atoms with Gasteiger partial charge in [0.2, 0.25) is 0 Å². The van der Waals surface area contributed by atoms with Crippen LogP contribution in [0.3, 0.4) is 0 Å². The van der Waals surface area contributed by atoms with Gasteiger partial charge < -0.3 is 4.57 Å². The quantitative estimate of drug-likeness (QED) is 0.480. The number of Topliss-reactive ketones (excluding diaryl/α,β-unsaturated/α-hetero) is 2. The van der Waals surface area contributed by atoms with E-state index in [4.69, 9.17) is 0 Å². The van der Waals surface area contributed by atoms with Gasteiger partial charge in [0.1, 0.15) is 0 Å². The van der Waals surface area contributed by atoms with Crippen LogP contribution >= 0.6 is 0 Å². The van der Waals surface area contributed by atoms with Gasteiger partial charge >= 0.3 is 0 Å². The molecule has 0 aliphatic rings. The first-order valence-electron chi connectivity index (χ1n) is 7.72. The van der Waals surface area contributed by atoms with E-state index >= 15 is 0 Å². The van der Waals surface area contributed by atoms with Gasteiger partial charge in [-0.05, 0) is 70.9 Å². The minimum atomic E-state index is -0.200. The molecule has 1 heterocycles. The molecule has 0 unspecified atom stereocenters. The third-order valence-electron chi connectivity index (χ3n) is 4.12. The highest BCUT2D eigenvalue weighted by Crippen LogP contribution is 2.25. The smallest absolute Gasteiger partial charge is 0.163 e. The summed E-state index contributed by atoms with van der Waals surface area (Å²) in [6.45, 7) is 11.1. The number of nitrogens with zero attached hydrogens (tertiary/aromatic N) is 1. The van der Waals surface area contributed by atoms with Crippen LogP contribution < -0.4 is 0 Å². The molecule has 0 saturated heterocycles. The van der Waals surface area contributed by atoms with Crippen LogP contribution in [0.5, 0.6) is 0 Å². The fraction of sp³-hybridized carbons (Fsp3) is 0.300. The predicted molar refractivity (Wildman–Crippen MR) is 94.1 cm³/mol. The number of aryl methyl sites for hydroxylation is 3. The number of benzene rings is 1. The number of carbonyl (C=O) groups is 2. The third kappa shape index (κ3) is 3.34. The number of carbonyl (C=O) groups excluding carboxylic acids is 2. The van der Waals surface area contributed by atoms with E-state index in [9.17, 15) is 9.59 Å². The highest BCUT2D eigenvalue weighted by molar-refractivity contribution is 6.21. The first kappa shape index (κ1) is 16.9. The minimum Gasteiger partial charge on any atom is -0.318 e. The molecule has 0 radical (unpaired) electrons. The van der Waals surface area contributed by atoms with Crippen molar-refractivity contribution in [2.45, 2.75) is 41.5 Å². The molecule has 1 aromatic heterocycles. The molecule has 2 aromatic rings. The lowest BCUT2D eigenvalue weighted by molar-refractivity contribution is -0.119. The summed E-state index contributed by atoms with van der Waals surface area (Å²) >= 11 is 0. The van der Waals surface area contributed by atoms with Crippen molar-refractivity contribution in [1.29, 1.82) is 0 Å². The Morgan fingerprint density at radius 2 is 1.57 bits per heavy atom. The van der Waals surface area contributed by atoms with Crippen molar-refractivity contribution in [2.75, 3.05) is 0 Å². The second-order valence-electron chi connectivity index (χ2n) is 6.12. The molecule has 0 aliphatic carbocycles. The molecule has 0 aliphatic heterocycles. The van der Waals surface area contributed by atoms with Gasteiger partial charge in [-0.2, -0.15) is 0 Å². The number of hydrogen-bond acceptors (Lipinski definition) is 2. The summed E-state index contributed by atoms with van der Waals surface area (Å²) in [4.78, 5) is 23.3. The third-order valence-corrected chi connectivity index (χ3v) is 4.12. The van der Waals surface area contributed by atoms with E-state index in [0.29, 0.717) is 0 Å². The molecule has 0 amide bonds. The van der Waals surface area contributed by atoms with E-state index in [0.717, 1.165) is 22.6 Å². The monoisotopic (exact) mass is 309 g/mol. The van der Waals surface area contributed by atoms with Crippen LogP contribution in [-0.4, -0.2) is 16.1 Å². The Morgan fingerprint density at radius 3 is 2.09 bits per heavy atom. The van der Waals surface area contributed by atoms with E-state index < -0.39 is 0 Å². The molecule has 3 heteroatoms. The molecule has 0 atom stereocenters. The van der Waals surface area contributed by atoms with E-state index in [1.165, 1.54) is 25.0 Å². The first-order chi connectivity index (χ1) is 10.7. The minimum absolute atomic E-state index is 0.200. The lowest BCUT2D eigenvalue weighted by Gasteiger charge is -2.13. The number of ketones is 2. The summed E-state index contributed by atoms with van der Waals surface area (Å²) in [7, 11) is 0. The van der Waals surface area contributed by atoms with Gasteiger partial charge in [-0.3, -0.25) is 9.59 Å². The summed E-state index contributed by atoms with van der Waals surface area (Å²) in [6, 6.07) is 8.36. The Kier molecular flexibility index (Phi) is 4.69. The van der Waals surface area contributed by atoms with Gasteiger partial charge in [0.25, 0.3) is 0 Å². The van der Waals surface area contributed by atoms with Crippen molar-refractivity contribution in [3.05, 3.63) is 57.9 Å². The fourth-order valence-electron chi connectivity index (χ4n) is 2.97. The Morgan fingerprint density at radius 1 is 0.957 bits per heavy atom. The molecule has 0 N–H and O–H groups in total. The molecule has 0 saturated carbocycles. The van der Waals surface area contributed by atoms with E-state index in [2.05, 4.69) is 36.6 Å². The lowest BCUT2D eigenvalue weighted by Crippen LogP contribution is -2.06. The molecule has 2 rings (SSSR count). The van der Waals surface area contributed by atoms with Crippen molar-refractivity contribution in [1.82, 2.24) is 4.57 Å². The zero-order chi connectivity index (χ0) is 17.3. The van der Waals surface area contributed by atoms with E-state index in [1.54, 1.807) is 6.08 Å². The Balaban J connectivity index is 2.63. The van der Waals surface area contributed by atoms with Gasteiger partial charge in [-0.25, -0.2) is 0 Å². The summed E-state index contributed by atoms with van der Waals surface area (Å²) in [5.74, 6) is -0.400. The molecule has 120 valence electrons. The maximum atomic E-state index is 11.7. The normalized spacial score (nSPS) is 10.5. The van der Waals surface area contributed by atoms with Crippen molar-refractivity contribution < 1.29 is 9.59 Å². The van der Waals surface area contributed by atoms with E-state index in [-0.39, 0.29) is 17.1 Å². The first-order valence-corrected chi connectivity index (χ1v) is 7.72. The van der Waals surface area contributed by atoms with Crippen LogP contribution in [0.1, 0.15) is 41.9 Å². The molecular weight excluding hydrogens is 286 g/mol. The number of rotatable bonds is 4. The van der Waals surface area contributed by atoms with Crippen LogP contribution in [0, 0.1) is 27.7 Å². The molecule has 0 fully saturated rings. The maximum Gasteiger partial charge on any atom is 0.163 e. The highest BCUT2D eigenvalue weighted by atomic mass is 16.1. The lowest BCUT2D eigenvalue weighted by atomic mass is 10.0. The molecule has 0 spiro atoms. The highest BCUT2D eigenvalue weighted by Gasteiger charge is 2.15. The predicted octanol–water partition coefficient (Wildman–Crippen LogP) is 4.27. The second-order valence-corrected chi connectivity index (χ2v) is 6.12. The van der Waals surface area contributed by atoms with Gasteiger partial charge in [0.05, 0.1) is 5.57 Å². The van der Waals surface area contributed by atoms with Gasteiger partial charge in [0, 0.05) is 17.1 Å². The molecular formula is C20H23NO2. The Hall–Kier alpha value is -2.42. The molecule has 23 heavy (non-hydrogen) atoms. The summed E-state index contributed by atoms with van der Waals surface area (Å²) in [5, 5.41) is 0. The standard InChI is InChI=1S/C20H23NO2/c1-12-7-8-20(13(2)9-12)21-14(3)10-18(15(21)4)11-19(16(5)22)17(6)23/h7-11H,1-6H3. The van der Waals surface area contributed by atoms with Crippen molar-refractivity contribution in [3.63, 3.8) is 0 Å². The zero-order valence-electron chi connectivity index (χ0n) is 14.7. The number of allylic oxidation sites excluding steroid dienone is 1. The van der Waals surface area contributed by atoms with Crippen molar-refractivity contribution in [2.24, 2.45) is 0 Å². The van der Waals surface area contributed by atoms with Crippen LogP contribution in [-0.2, 0) is 9.59 Å². The van der Waals surface area contributed by atoms with Crippen LogP contribution in [0.25, 0.3) is 11.8 Å². The van der Waals surface area contributed by atoms with Gasteiger partial charge in [-0.1, -0.05) is 17.7 Å². The molecule has 0 bridgehead atoms. The number of hydrogen-bond donors (Lipinski definition) is 0. The SMILES string of the molecule is CC(=O)C(=Cc1cc(C)n(-c2ccc(C)cc2C)c1C)C(C)=O. The second kappa shape index (κ2) is 6.37. The largest absolute Gasteiger partial charge is 0.318 e. The van der Waals surface area contributed by atoms with E-state index in [1.807, 2.05) is 19.9 Å². The summed E-state index contributed by atoms with van der Waals surface area (Å²) in [5.41, 5.74) is 6.79. The van der Waals surface area contributed by atoms with Crippen molar-refractivity contribution >= 4 is 17.6 Å². The molecule has 3 nitrogen and oxygen atoms in total. The fourth-order valence-corrected chi connectivity index (χ4v) is 2.97. The molecule has 1 aromatic carbocycles.